The highest BCUT2D eigenvalue weighted by atomic mass is 16.5. The maximum absolute atomic E-state index is 6.18. The molecule has 0 fully saturated rings. The van der Waals surface area contributed by atoms with E-state index < -0.39 is 0 Å². The zero-order valence-electron chi connectivity index (χ0n) is 15.1. The van der Waals surface area contributed by atoms with Crippen molar-refractivity contribution in [3.63, 3.8) is 0 Å². The van der Waals surface area contributed by atoms with Crippen LogP contribution in [0, 0.1) is 0 Å². The Kier molecular flexibility index (Phi) is 5.69. The fraction of sp³-hybridized carbons (Fsp3) is 0.238. The second kappa shape index (κ2) is 8.34. The molecule has 1 heterocycles. The Bertz CT molecular complexity index is 832. The van der Waals surface area contributed by atoms with Crippen LogP contribution in [0.1, 0.15) is 30.9 Å². The van der Waals surface area contributed by atoms with Crippen molar-refractivity contribution in [3.8, 4) is 11.6 Å². The van der Waals surface area contributed by atoms with Gasteiger partial charge < -0.3 is 15.8 Å². The third-order valence-corrected chi connectivity index (χ3v) is 4.16. The molecule has 0 unspecified atom stereocenters. The smallest absolute Gasteiger partial charge is 0.248 e. The van der Waals surface area contributed by atoms with Gasteiger partial charge in [-0.15, -0.1) is 0 Å². The average Bonchev–Trinajstić information content (AvgIpc) is 2.66. The van der Waals surface area contributed by atoms with E-state index in [9.17, 15) is 0 Å². The molecule has 5 nitrogen and oxygen atoms in total. The molecule has 0 radical (unpaired) electrons. The van der Waals surface area contributed by atoms with E-state index in [1.165, 1.54) is 17.5 Å². The molecule has 1 aromatic heterocycles. The van der Waals surface area contributed by atoms with Gasteiger partial charge in [-0.1, -0.05) is 56.3 Å². The average molecular weight is 348 g/mol. The van der Waals surface area contributed by atoms with Gasteiger partial charge in [0.15, 0.2) is 5.82 Å². The summed E-state index contributed by atoms with van der Waals surface area (Å²) in [7, 11) is 0. The summed E-state index contributed by atoms with van der Waals surface area (Å²) in [6.45, 7) is 5.05. The molecule has 3 N–H and O–H groups in total. The Morgan fingerprint density at radius 1 is 1.00 bits per heavy atom. The quantitative estimate of drug-likeness (QED) is 0.651. The minimum atomic E-state index is 0.361. The number of ether oxygens (including phenoxy) is 1. The van der Waals surface area contributed by atoms with Crippen LogP contribution in [0.2, 0.25) is 0 Å². The summed E-state index contributed by atoms with van der Waals surface area (Å²) in [4.78, 5) is 8.38. The monoisotopic (exact) mass is 348 g/mol. The summed E-state index contributed by atoms with van der Waals surface area (Å²) < 4.78 is 5.83. The summed E-state index contributed by atoms with van der Waals surface area (Å²) in [6.07, 6.45) is 2.34. The van der Waals surface area contributed by atoms with Crippen molar-refractivity contribution in [1.29, 1.82) is 0 Å². The molecule has 5 heteroatoms. The first-order valence-corrected chi connectivity index (χ1v) is 8.79. The molecule has 0 spiro atoms. The second-order valence-corrected chi connectivity index (χ2v) is 6.43. The van der Waals surface area contributed by atoms with Crippen molar-refractivity contribution in [1.82, 2.24) is 9.97 Å². The van der Waals surface area contributed by atoms with Gasteiger partial charge in [0, 0.05) is 6.54 Å². The number of anilines is 2. The fourth-order valence-electron chi connectivity index (χ4n) is 2.60. The van der Waals surface area contributed by atoms with Gasteiger partial charge in [0.25, 0.3) is 0 Å². The van der Waals surface area contributed by atoms with Crippen molar-refractivity contribution < 1.29 is 4.74 Å². The molecule has 134 valence electrons. The first-order chi connectivity index (χ1) is 12.6. The highest BCUT2D eigenvalue weighted by molar-refractivity contribution is 5.67. The lowest BCUT2D eigenvalue weighted by Crippen LogP contribution is -2.09. The van der Waals surface area contributed by atoms with E-state index in [0.29, 0.717) is 29.1 Å². The van der Waals surface area contributed by atoms with Crippen molar-refractivity contribution >= 4 is 11.5 Å². The molecular formula is C21H24N4O. The Hall–Kier alpha value is -3.08. The largest absolute Gasteiger partial charge is 0.437 e. The maximum atomic E-state index is 6.18. The highest BCUT2D eigenvalue weighted by Crippen LogP contribution is 2.29. The van der Waals surface area contributed by atoms with Gasteiger partial charge in [-0.3, -0.25) is 0 Å². The number of hydrogen-bond acceptors (Lipinski definition) is 5. The molecular weight excluding hydrogens is 324 g/mol. The van der Waals surface area contributed by atoms with Crippen LogP contribution in [0.5, 0.6) is 11.6 Å². The number of nitrogens with one attached hydrogen (secondary N) is 1. The Labute approximate surface area is 154 Å². The van der Waals surface area contributed by atoms with Gasteiger partial charge in [0.05, 0.1) is 0 Å². The van der Waals surface area contributed by atoms with Gasteiger partial charge in [-0.05, 0) is 35.6 Å². The molecule has 0 saturated heterocycles. The summed E-state index contributed by atoms with van der Waals surface area (Å²) in [5.74, 6) is 2.13. The normalized spacial score (nSPS) is 10.7. The molecule has 3 rings (SSSR count). The van der Waals surface area contributed by atoms with Gasteiger partial charge in [0.1, 0.15) is 17.8 Å². The van der Waals surface area contributed by atoms with Gasteiger partial charge in [-0.25, -0.2) is 4.98 Å². The second-order valence-electron chi connectivity index (χ2n) is 6.43. The number of nitrogens with zero attached hydrogens (tertiary/aromatic N) is 2. The van der Waals surface area contributed by atoms with Crippen molar-refractivity contribution in [2.75, 3.05) is 17.6 Å². The topological polar surface area (TPSA) is 73.1 Å². The van der Waals surface area contributed by atoms with Crippen LogP contribution in [0.15, 0.2) is 60.9 Å². The van der Waals surface area contributed by atoms with E-state index in [4.69, 9.17) is 10.5 Å². The van der Waals surface area contributed by atoms with E-state index in [-0.39, 0.29) is 0 Å². The lowest BCUT2D eigenvalue weighted by atomic mass is 10.0. The third-order valence-electron chi connectivity index (χ3n) is 4.16. The summed E-state index contributed by atoms with van der Waals surface area (Å²) >= 11 is 0. The van der Waals surface area contributed by atoms with E-state index in [1.807, 2.05) is 30.3 Å². The van der Waals surface area contributed by atoms with Crippen LogP contribution < -0.4 is 15.8 Å². The zero-order chi connectivity index (χ0) is 18.4. The van der Waals surface area contributed by atoms with E-state index in [1.54, 1.807) is 0 Å². The summed E-state index contributed by atoms with van der Waals surface area (Å²) in [5.41, 5.74) is 9.11. The van der Waals surface area contributed by atoms with Crippen LogP contribution in [0.3, 0.4) is 0 Å². The minimum absolute atomic E-state index is 0.361. The molecule has 26 heavy (non-hydrogen) atoms. The maximum Gasteiger partial charge on any atom is 0.248 e. The number of benzene rings is 2. The molecule has 0 aliphatic rings. The molecule has 0 atom stereocenters. The molecule has 0 bridgehead atoms. The molecule has 2 aromatic carbocycles. The summed E-state index contributed by atoms with van der Waals surface area (Å²) in [6, 6.07) is 18.2. The lowest BCUT2D eigenvalue weighted by Gasteiger charge is -2.12. The molecule has 0 amide bonds. The van der Waals surface area contributed by atoms with E-state index >= 15 is 0 Å². The van der Waals surface area contributed by atoms with Crippen molar-refractivity contribution in [2.45, 2.75) is 26.2 Å². The number of hydrogen-bond donors (Lipinski definition) is 2. The molecule has 3 aromatic rings. The first-order valence-electron chi connectivity index (χ1n) is 8.79. The molecule has 0 aliphatic heterocycles. The zero-order valence-corrected chi connectivity index (χ0v) is 15.1. The van der Waals surface area contributed by atoms with Crippen LogP contribution in [0.4, 0.5) is 11.5 Å². The number of nitrogen functional groups attached to an aromatic ring is 1. The fourth-order valence-corrected chi connectivity index (χ4v) is 2.60. The number of nitrogens with two attached hydrogens (primary N) is 1. The first kappa shape index (κ1) is 17.7. The van der Waals surface area contributed by atoms with E-state index in [0.717, 1.165) is 13.0 Å². The van der Waals surface area contributed by atoms with Gasteiger partial charge >= 0.3 is 0 Å². The number of rotatable bonds is 7. The predicted molar refractivity (Wildman–Crippen MR) is 106 cm³/mol. The lowest BCUT2D eigenvalue weighted by molar-refractivity contribution is 0.464. The third kappa shape index (κ3) is 4.51. The Morgan fingerprint density at radius 2 is 1.73 bits per heavy atom. The standard InChI is InChI=1S/C21H24N4O/c1-15(2)17-8-10-18(11-9-17)26-21-19(22)20(24-14-25-21)23-13-12-16-6-4-3-5-7-16/h3-11,14-15H,12-13,22H2,1-2H3,(H,23,24,25). The molecule has 0 saturated carbocycles. The van der Waals surface area contributed by atoms with Gasteiger partial charge in [-0.2, -0.15) is 4.98 Å². The van der Waals surface area contributed by atoms with Crippen LogP contribution in [0.25, 0.3) is 0 Å². The summed E-state index contributed by atoms with van der Waals surface area (Å²) in [5, 5.41) is 3.26. The highest BCUT2D eigenvalue weighted by Gasteiger charge is 2.10. The van der Waals surface area contributed by atoms with Crippen molar-refractivity contribution in [3.05, 3.63) is 72.1 Å². The Morgan fingerprint density at radius 3 is 2.42 bits per heavy atom. The molecule has 0 aliphatic carbocycles. The number of aromatic nitrogens is 2. The predicted octanol–water partition coefficient (Wildman–Crippen LogP) is 4.63. The van der Waals surface area contributed by atoms with Crippen LogP contribution in [-0.4, -0.2) is 16.5 Å². The van der Waals surface area contributed by atoms with Crippen molar-refractivity contribution in [2.24, 2.45) is 0 Å². The van der Waals surface area contributed by atoms with Crippen LogP contribution >= 0.6 is 0 Å². The van der Waals surface area contributed by atoms with Gasteiger partial charge in [0.2, 0.25) is 5.88 Å². The van der Waals surface area contributed by atoms with E-state index in [2.05, 4.69) is 53.4 Å². The SMILES string of the molecule is CC(C)c1ccc(Oc2ncnc(NCCc3ccccc3)c2N)cc1. The van der Waals surface area contributed by atoms with Crippen LogP contribution in [-0.2, 0) is 6.42 Å². The Balaban J connectivity index is 1.64. The minimum Gasteiger partial charge on any atom is -0.437 e.